The predicted octanol–water partition coefficient (Wildman–Crippen LogP) is 3.37. The zero-order chi connectivity index (χ0) is 12.5. The summed E-state index contributed by atoms with van der Waals surface area (Å²) in [5.74, 6) is 0.625. The second kappa shape index (κ2) is 4.73. The van der Waals surface area contributed by atoms with Gasteiger partial charge >= 0.3 is 0 Å². The normalized spacial score (nSPS) is 30.7. The fraction of sp³-hybridized carbons (Fsp3) is 0.467. The van der Waals surface area contributed by atoms with Gasteiger partial charge in [0.25, 0.3) is 0 Å². The van der Waals surface area contributed by atoms with Crippen LogP contribution >= 0.6 is 0 Å². The molecule has 0 fully saturated rings. The Morgan fingerprint density at radius 1 is 1.28 bits per heavy atom. The maximum absolute atomic E-state index is 13.2. The van der Waals surface area contributed by atoms with Gasteiger partial charge in [-0.15, -0.1) is 0 Å². The van der Waals surface area contributed by atoms with Crippen LogP contribution in [0.25, 0.3) is 0 Å². The molecule has 0 aromatic heterocycles. The van der Waals surface area contributed by atoms with Gasteiger partial charge in [0.05, 0.1) is 6.10 Å². The molecule has 1 aromatic carbocycles. The first-order chi connectivity index (χ1) is 8.74. The molecule has 3 rings (SSSR count). The molecule has 1 aliphatic carbocycles. The highest BCUT2D eigenvalue weighted by Crippen LogP contribution is 2.39. The Morgan fingerprint density at radius 2 is 2.17 bits per heavy atom. The van der Waals surface area contributed by atoms with E-state index in [1.54, 1.807) is 6.07 Å². The van der Waals surface area contributed by atoms with Crippen molar-refractivity contribution in [1.82, 2.24) is 0 Å². The van der Waals surface area contributed by atoms with Crippen molar-refractivity contribution in [3.8, 4) is 5.75 Å². The topological polar surface area (TPSA) is 29.5 Å². The molecule has 96 valence electrons. The Labute approximate surface area is 106 Å². The van der Waals surface area contributed by atoms with Crippen LogP contribution in [0.4, 0.5) is 4.39 Å². The lowest BCUT2D eigenvalue weighted by Gasteiger charge is -2.35. The second-order valence-electron chi connectivity index (χ2n) is 5.13. The highest BCUT2D eigenvalue weighted by molar-refractivity contribution is 5.37. The van der Waals surface area contributed by atoms with Crippen LogP contribution in [0.2, 0.25) is 0 Å². The maximum atomic E-state index is 13.2. The summed E-state index contributed by atoms with van der Waals surface area (Å²) in [6, 6.07) is 4.37. The second-order valence-corrected chi connectivity index (χ2v) is 5.13. The third kappa shape index (κ3) is 2.15. The number of hydrogen-bond acceptors (Lipinski definition) is 2. The Bertz CT molecular complexity index is 470. The number of aliphatic hydroxyl groups is 1. The van der Waals surface area contributed by atoms with E-state index in [9.17, 15) is 9.50 Å². The zero-order valence-corrected chi connectivity index (χ0v) is 10.2. The fourth-order valence-corrected chi connectivity index (χ4v) is 2.89. The summed E-state index contributed by atoms with van der Waals surface area (Å²) in [7, 11) is 0. The first-order valence-corrected chi connectivity index (χ1v) is 6.53. The molecule has 2 aliphatic rings. The molecule has 2 nitrogen and oxygen atoms in total. The first-order valence-electron chi connectivity index (χ1n) is 6.53. The van der Waals surface area contributed by atoms with Crippen molar-refractivity contribution in [3.05, 3.63) is 41.7 Å². The summed E-state index contributed by atoms with van der Waals surface area (Å²) < 4.78 is 19.1. The number of fused-ring (bicyclic) bond motifs is 1. The van der Waals surface area contributed by atoms with Crippen LogP contribution < -0.4 is 4.74 Å². The average molecular weight is 248 g/mol. The summed E-state index contributed by atoms with van der Waals surface area (Å²) in [5.41, 5.74) is 0.707. The van der Waals surface area contributed by atoms with E-state index in [1.807, 2.05) is 0 Å². The number of rotatable bonds is 1. The van der Waals surface area contributed by atoms with E-state index < -0.39 is 6.10 Å². The van der Waals surface area contributed by atoms with Crippen LogP contribution in [0, 0.1) is 11.7 Å². The molecule has 1 aromatic rings. The number of ether oxygens (including phenoxy) is 1. The van der Waals surface area contributed by atoms with Crippen molar-refractivity contribution >= 4 is 0 Å². The largest absolute Gasteiger partial charge is 0.490 e. The number of halogens is 1. The van der Waals surface area contributed by atoms with Gasteiger partial charge in [0.1, 0.15) is 17.7 Å². The molecule has 0 saturated heterocycles. The minimum Gasteiger partial charge on any atom is -0.490 e. The molecule has 3 atom stereocenters. The maximum Gasteiger partial charge on any atom is 0.128 e. The van der Waals surface area contributed by atoms with Gasteiger partial charge in [-0.1, -0.05) is 12.2 Å². The van der Waals surface area contributed by atoms with Crippen LogP contribution in [-0.4, -0.2) is 11.2 Å². The van der Waals surface area contributed by atoms with Crippen molar-refractivity contribution in [2.75, 3.05) is 0 Å². The van der Waals surface area contributed by atoms with Crippen molar-refractivity contribution < 1.29 is 14.2 Å². The van der Waals surface area contributed by atoms with Gasteiger partial charge in [-0.2, -0.15) is 0 Å². The lowest BCUT2D eigenvalue weighted by atomic mass is 9.84. The molecule has 0 saturated carbocycles. The van der Waals surface area contributed by atoms with E-state index in [0.29, 0.717) is 23.7 Å². The molecule has 18 heavy (non-hydrogen) atoms. The van der Waals surface area contributed by atoms with E-state index in [1.165, 1.54) is 12.1 Å². The van der Waals surface area contributed by atoms with E-state index in [2.05, 4.69) is 12.2 Å². The molecule has 1 aliphatic heterocycles. The fourth-order valence-electron chi connectivity index (χ4n) is 2.89. The van der Waals surface area contributed by atoms with Gasteiger partial charge in [0, 0.05) is 18.1 Å². The minimum atomic E-state index is -0.537. The van der Waals surface area contributed by atoms with Crippen molar-refractivity contribution in [2.24, 2.45) is 5.92 Å². The van der Waals surface area contributed by atoms with E-state index in [-0.39, 0.29) is 11.9 Å². The highest BCUT2D eigenvalue weighted by Gasteiger charge is 2.32. The quantitative estimate of drug-likeness (QED) is 0.772. The molecular weight excluding hydrogens is 231 g/mol. The zero-order valence-electron chi connectivity index (χ0n) is 10.2. The molecule has 0 radical (unpaired) electrons. The van der Waals surface area contributed by atoms with Crippen molar-refractivity contribution in [2.45, 2.75) is 37.9 Å². The summed E-state index contributed by atoms with van der Waals surface area (Å²) in [5, 5.41) is 10.1. The molecule has 2 unspecified atom stereocenters. The molecule has 0 spiro atoms. The molecule has 3 heteroatoms. The number of allylic oxidation sites excluding steroid dienone is 2. The lowest BCUT2D eigenvalue weighted by molar-refractivity contribution is 0.0311. The predicted molar refractivity (Wildman–Crippen MR) is 66.9 cm³/mol. The summed E-state index contributed by atoms with van der Waals surface area (Å²) in [6.45, 7) is 0. The lowest BCUT2D eigenvalue weighted by Crippen LogP contribution is -2.33. The number of hydrogen-bond donors (Lipinski definition) is 1. The molecular formula is C15H17FO2. The SMILES string of the molecule is O[C@@H]1CC(C2CC=CCC2)Oc2cc(F)ccc21. The smallest absolute Gasteiger partial charge is 0.128 e. The Morgan fingerprint density at radius 3 is 2.94 bits per heavy atom. The van der Waals surface area contributed by atoms with Gasteiger partial charge in [-0.05, 0) is 37.3 Å². The Balaban J connectivity index is 1.83. The van der Waals surface area contributed by atoms with Crippen LogP contribution in [0.1, 0.15) is 37.4 Å². The average Bonchev–Trinajstić information content (AvgIpc) is 2.39. The van der Waals surface area contributed by atoms with Crippen LogP contribution in [-0.2, 0) is 0 Å². The molecule has 1 N–H and O–H groups in total. The van der Waals surface area contributed by atoms with Crippen LogP contribution in [0.5, 0.6) is 5.75 Å². The van der Waals surface area contributed by atoms with Gasteiger partial charge in [0.2, 0.25) is 0 Å². The Kier molecular flexibility index (Phi) is 3.08. The summed E-state index contributed by atoms with van der Waals surface area (Å²) >= 11 is 0. The van der Waals surface area contributed by atoms with Crippen molar-refractivity contribution in [3.63, 3.8) is 0 Å². The Hall–Kier alpha value is -1.35. The summed E-state index contributed by atoms with van der Waals surface area (Å²) in [4.78, 5) is 0. The highest BCUT2D eigenvalue weighted by atomic mass is 19.1. The van der Waals surface area contributed by atoms with Gasteiger partial charge < -0.3 is 9.84 Å². The third-order valence-electron chi connectivity index (χ3n) is 3.90. The van der Waals surface area contributed by atoms with E-state index in [4.69, 9.17) is 4.74 Å². The summed E-state index contributed by atoms with van der Waals surface area (Å²) in [6.07, 6.45) is 7.56. The van der Waals surface area contributed by atoms with Gasteiger partial charge in [-0.25, -0.2) is 4.39 Å². The van der Waals surface area contributed by atoms with Crippen LogP contribution in [0.15, 0.2) is 30.4 Å². The van der Waals surface area contributed by atoms with Crippen LogP contribution in [0.3, 0.4) is 0 Å². The van der Waals surface area contributed by atoms with Gasteiger partial charge in [0.15, 0.2) is 0 Å². The molecule has 0 amide bonds. The first kappa shape index (κ1) is 11.7. The van der Waals surface area contributed by atoms with E-state index in [0.717, 1.165) is 19.3 Å². The monoisotopic (exact) mass is 248 g/mol. The third-order valence-corrected chi connectivity index (χ3v) is 3.90. The van der Waals surface area contributed by atoms with Gasteiger partial charge in [-0.3, -0.25) is 0 Å². The molecule has 0 bridgehead atoms. The molecule has 1 heterocycles. The van der Waals surface area contributed by atoms with Crippen molar-refractivity contribution in [1.29, 1.82) is 0 Å². The minimum absolute atomic E-state index is 0.000694. The standard InChI is InChI=1S/C15H17FO2/c16-11-6-7-12-13(17)9-14(18-15(12)8-11)10-4-2-1-3-5-10/h1-2,6-8,10,13-14,17H,3-5,9H2/t10?,13-,14?/m1/s1. The van der Waals surface area contributed by atoms with E-state index >= 15 is 0 Å². The number of aliphatic hydroxyl groups excluding tert-OH is 1. The number of benzene rings is 1.